The second-order valence-electron chi connectivity index (χ2n) is 11.6. The number of carboxylic acid groups (broad SMARTS) is 2. The van der Waals surface area contributed by atoms with Crippen molar-refractivity contribution >= 4 is 49.7 Å². The molecule has 2 unspecified atom stereocenters. The van der Waals surface area contributed by atoms with Crippen molar-refractivity contribution < 1.29 is 19.8 Å². The molecule has 0 N–H and O–H groups in total. The number of carbonyl (C=O) groups excluding carboxylic acids is 2. The maximum Gasteiger partial charge on any atom is 2.00 e. The van der Waals surface area contributed by atoms with Crippen LogP contribution in [0.3, 0.4) is 0 Å². The first-order valence-electron chi connectivity index (χ1n) is 17.8. The van der Waals surface area contributed by atoms with Crippen molar-refractivity contribution in [3.63, 3.8) is 0 Å². The van der Waals surface area contributed by atoms with E-state index in [9.17, 15) is 19.8 Å². The van der Waals surface area contributed by atoms with Gasteiger partial charge in [0.25, 0.3) is 0 Å². The fourth-order valence-electron chi connectivity index (χ4n) is 4.74. The number of allylic oxidation sites excluding steroid dienone is 8. The van der Waals surface area contributed by atoms with Gasteiger partial charge >= 0.3 is 37.7 Å². The molecule has 0 heterocycles. The molecular formula is C38H68CaN2O4. The standard InChI is InChI=1S/2C19H35NO2.Ca/c2*1-4-6-8-10-12-14-16-20(18(3)19(21)22)17-15-13-11-9-7-5-2;/h2*6-9,18H,4-5,10-17H2,1-3H3,(H,21,22);/q;;+2/p-2/b2*8-6+,9-7+;. The Balaban J connectivity index is -0.000000767. The van der Waals surface area contributed by atoms with Crippen LogP contribution in [-0.4, -0.2) is 97.7 Å². The molecule has 0 aliphatic carbocycles. The summed E-state index contributed by atoms with van der Waals surface area (Å²) < 4.78 is 0. The van der Waals surface area contributed by atoms with E-state index in [0.717, 1.165) is 129 Å². The van der Waals surface area contributed by atoms with E-state index in [-0.39, 0.29) is 37.7 Å². The van der Waals surface area contributed by atoms with Gasteiger partial charge in [-0.25, -0.2) is 0 Å². The Morgan fingerprint density at radius 3 is 0.867 bits per heavy atom. The molecule has 2 atom stereocenters. The second kappa shape index (κ2) is 37.5. The average molecular weight is 657 g/mol. The smallest absolute Gasteiger partial charge is 0.548 e. The number of carboxylic acids is 2. The maximum atomic E-state index is 11.1. The van der Waals surface area contributed by atoms with Gasteiger partial charge in [-0.05, 0) is 143 Å². The molecular weight excluding hydrogens is 589 g/mol. The Labute approximate surface area is 308 Å². The fraction of sp³-hybridized carbons (Fsp3) is 0.737. The Morgan fingerprint density at radius 2 is 0.689 bits per heavy atom. The van der Waals surface area contributed by atoms with E-state index in [1.54, 1.807) is 13.8 Å². The van der Waals surface area contributed by atoms with Crippen molar-refractivity contribution in [1.82, 2.24) is 9.80 Å². The Bertz CT molecular complexity index is 674. The van der Waals surface area contributed by atoms with Gasteiger partial charge in [-0.3, -0.25) is 9.80 Å². The summed E-state index contributed by atoms with van der Waals surface area (Å²) in [6.45, 7) is 15.4. The quantitative estimate of drug-likeness (QED) is 0.0511. The summed E-state index contributed by atoms with van der Waals surface area (Å²) in [5.41, 5.74) is 0. The molecule has 0 radical (unpaired) electrons. The van der Waals surface area contributed by atoms with Gasteiger partial charge in [0.1, 0.15) is 0 Å². The largest absolute Gasteiger partial charge is 2.00 e. The van der Waals surface area contributed by atoms with Gasteiger partial charge in [-0.1, -0.05) is 76.3 Å². The van der Waals surface area contributed by atoms with Gasteiger partial charge in [0.15, 0.2) is 0 Å². The topological polar surface area (TPSA) is 86.7 Å². The average Bonchev–Trinajstić information content (AvgIpc) is 3.01. The van der Waals surface area contributed by atoms with E-state index in [2.05, 4.69) is 86.1 Å². The summed E-state index contributed by atoms with van der Waals surface area (Å²) in [5, 5.41) is 22.2. The van der Waals surface area contributed by atoms with Gasteiger partial charge < -0.3 is 19.8 Å². The summed E-state index contributed by atoms with van der Waals surface area (Å²) >= 11 is 0. The molecule has 0 fully saturated rings. The van der Waals surface area contributed by atoms with Crippen LogP contribution in [0, 0.1) is 0 Å². The van der Waals surface area contributed by atoms with Gasteiger partial charge in [-0.2, -0.15) is 0 Å². The molecule has 256 valence electrons. The van der Waals surface area contributed by atoms with Gasteiger partial charge in [0.05, 0.1) is 11.9 Å². The van der Waals surface area contributed by atoms with Crippen LogP contribution in [0.2, 0.25) is 0 Å². The van der Waals surface area contributed by atoms with Crippen molar-refractivity contribution in [2.24, 2.45) is 0 Å². The number of rotatable bonds is 28. The molecule has 0 aromatic carbocycles. The van der Waals surface area contributed by atoms with Gasteiger partial charge in [0.2, 0.25) is 0 Å². The zero-order chi connectivity index (χ0) is 33.3. The Kier molecular flexibility index (Phi) is 40.4. The van der Waals surface area contributed by atoms with Crippen LogP contribution in [0.5, 0.6) is 0 Å². The Hall–Kier alpha value is -0.920. The Morgan fingerprint density at radius 1 is 0.467 bits per heavy atom. The number of nitrogens with zero attached hydrogens (tertiary/aromatic N) is 2. The summed E-state index contributed by atoms with van der Waals surface area (Å²) in [5.74, 6) is -1.92. The number of hydrogen-bond donors (Lipinski definition) is 0. The minimum Gasteiger partial charge on any atom is -0.548 e. The van der Waals surface area contributed by atoms with Crippen molar-refractivity contribution in [3.05, 3.63) is 48.6 Å². The zero-order valence-electron chi connectivity index (χ0n) is 30.2. The number of unbranched alkanes of at least 4 members (excludes halogenated alkanes) is 8. The van der Waals surface area contributed by atoms with Crippen molar-refractivity contribution in [2.75, 3.05) is 26.2 Å². The molecule has 0 amide bonds. The molecule has 0 aliphatic heterocycles. The van der Waals surface area contributed by atoms with Crippen LogP contribution in [0.25, 0.3) is 0 Å². The predicted octanol–water partition coefficient (Wildman–Crippen LogP) is 7.02. The van der Waals surface area contributed by atoms with E-state index >= 15 is 0 Å². The minimum atomic E-state index is -0.961. The fourth-order valence-corrected chi connectivity index (χ4v) is 4.74. The first-order valence-corrected chi connectivity index (χ1v) is 17.8. The molecule has 0 aromatic heterocycles. The van der Waals surface area contributed by atoms with E-state index in [4.69, 9.17) is 0 Å². The molecule has 6 nitrogen and oxygen atoms in total. The van der Waals surface area contributed by atoms with Crippen LogP contribution in [0.4, 0.5) is 0 Å². The van der Waals surface area contributed by atoms with Gasteiger partial charge in [0, 0.05) is 12.1 Å². The molecule has 0 saturated carbocycles. The number of carbonyl (C=O) groups is 2. The van der Waals surface area contributed by atoms with Gasteiger partial charge in [-0.15, -0.1) is 0 Å². The molecule has 0 aromatic rings. The first kappa shape index (κ1) is 48.5. The van der Waals surface area contributed by atoms with Crippen LogP contribution in [0.1, 0.15) is 144 Å². The third-order valence-corrected chi connectivity index (χ3v) is 7.65. The number of aliphatic carboxylic acids is 2. The van der Waals surface area contributed by atoms with E-state index < -0.39 is 24.0 Å². The summed E-state index contributed by atoms with van der Waals surface area (Å²) in [6.07, 6.45) is 34.9. The molecule has 0 saturated heterocycles. The molecule has 45 heavy (non-hydrogen) atoms. The maximum absolute atomic E-state index is 11.1. The van der Waals surface area contributed by atoms with Crippen LogP contribution in [0.15, 0.2) is 48.6 Å². The molecule has 0 spiro atoms. The van der Waals surface area contributed by atoms with Crippen LogP contribution in [-0.2, 0) is 9.59 Å². The first-order chi connectivity index (χ1) is 21.3. The van der Waals surface area contributed by atoms with E-state index in [1.165, 1.54) is 0 Å². The van der Waals surface area contributed by atoms with Crippen molar-refractivity contribution in [3.8, 4) is 0 Å². The molecule has 7 heteroatoms. The van der Waals surface area contributed by atoms with Crippen molar-refractivity contribution in [1.29, 1.82) is 0 Å². The SMILES string of the molecule is CC/C=C/CCCCN(CCCC/C=C/CC)C(C)C(=O)[O-].CC/C=C/CCCCN(CCCC/C=C/CC)C(C)C(=O)[O-].[Ca+2]. The predicted molar refractivity (Wildman–Crippen MR) is 191 cm³/mol. The van der Waals surface area contributed by atoms with E-state index in [1.807, 2.05) is 0 Å². The van der Waals surface area contributed by atoms with E-state index in [0.29, 0.717) is 0 Å². The molecule has 0 rings (SSSR count). The molecule has 0 bridgehead atoms. The normalized spacial score (nSPS) is 13.2. The van der Waals surface area contributed by atoms with Crippen LogP contribution < -0.4 is 10.2 Å². The van der Waals surface area contributed by atoms with Crippen LogP contribution >= 0.6 is 0 Å². The van der Waals surface area contributed by atoms with Crippen molar-refractivity contribution in [2.45, 2.75) is 156 Å². The minimum absolute atomic E-state index is 0. The summed E-state index contributed by atoms with van der Waals surface area (Å²) in [7, 11) is 0. The molecule has 0 aliphatic rings. The summed E-state index contributed by atoms with van der Waals surface area (Å²) in [6, 6.07) is -0.977. The third-order valence-electron chi connectivity index (χ3n) is 7.65. The summed E-state index contributed by atoms with van der Waals surface area (Å²) in [4.78, 5) is 26.3. The number of hydrogen-bond acceptors (Lipinski definition) is 6. The zero-order valence-corrected chi connectivity index (χ0v) is 32.4. The second-order valence-corrected chi connectivity index (χ2v) is 11.6. The monoisotopic (exact) mass is 656 g/mol. The third kappa shape index (κ3) is 32.8.